The van der Waals surface area contributed by atoms with Crippen LogP contribution in [-0.4, -0.2) is 59.2 Å². The van der Waals surface area contributed by atoms with Crippen molar-refractivity contribution in [2.45, 2.75) is 38.2 Å². The third kappa shape index (κ3) is 9.71. The number of aromatic carboxylic acids is 1. The van der Waals surface area contributed by atoms with Crippen LogP contribution in [0.4, 0.5) is 26.3 Å². The van der Waals surface area contributed by atoms with Crippen molar-refractivity contribution in [3.8, 4) is 17.3 Å². The molecule has 2 heterocycles. The minimum absolute atomic E-state index is 0.0737. The van der Waals surface area contributed by atoms with Gasteiger partial charge in [-0.15, -0.1) is 6.54 Å². The van der Waals surface area contributed by atoms with Crippen LogP contribution >= 0.6 is 0 Å². The van der Waals surface area contributed by atoms with Crippen LogP contribution in [0.1, 0.15) is 46.3 Å². The first kappa shape index (κ1) is 31.8. The summed E-state index contributed by atoms with van der Waals surface area (Å²) < 4.78 is 79.9. The van der Waals surface area contributed by atoms with Crippen molar-refractivity contribution in [1.82, 2.24) is 14.9 Å². The molecule has 7 nitrogen and oxygen atoms in total. The number of nitrogens with zero attached hydrogens (tertiary/aromatic N) is 4. The number of ether oxygens (including phenoxy) is 1. The van der Waals surface area contributed by atoms with Gasteiger partial charge in [0.1, 0.15) is 12.2 Å². The van der Waals surface area contributed by atoms with E-state index in [1.54, 1.807) is 0 Å². The van der Waals surface area contributed by atoms with Crippen molar-refractivity contribution >= 4 is 5.97 Å². The number of rotatable bonds is 8. The molecule has 1 saturated heterocycles. The van der Waals surface area contributed by atoms with E-state index in [4.69, 9.17) is 4.74 Å². The average molecular weight is 584 g/mol. The van der Waals surface area contributed by atoms with Crippen LogP contribution in [0, 0.1) is 0 Å². The zero-order valence-corrected chi connectivity index (χ0v) is 22.2. The molecule has 13 heteroatoms. The van der Waals surface area contributed by atoms with Crippen LogP contribution in [0.3, 0.4) is 0 Å². The molecule has 0 aliphatic carbocycles. The van der Waals surface area contributed by atoms with Gasteiger partial charge in [0.25, 0.3) is 0 Å². The summed E-state index contributed by atoms with van der Waals surface area (Å²) in [7, 11) is 1.31. The van der Waals surface area contributed by atoms with Crippen LogP contribution in [0.15, 0.2) is 54.7 Å². The van der Waals surface area contributed by atoms with Gasteiger partial charge in [-0.05, 0) is 44.1 Å². The number of carboxylic acid groups (broad SMARTS) is 1. The fourth-order valence-corrected chi connectivity index (χ4v) is 4.15. The fourth-order valence-electron chi connectivity index (χ4n) is 4.15. The molecule has 0 atom stereocenters. The Bertz CT molecular complexity index is 1250. The van der Waals surface area contributed by atoms with Gasteiger partial charge in [0.05, 0.1) is 16.8 Å². The molecule has 4 rings (SSSR count). The number of carbonyl (C=O) groups is 1. The van der Waals surface area contributed by atoms with Gasteiger partial charge in [-0.3, -0.25) is 4.90 Å². The summed E-state index contributed by atoms with van der Waals surface area (Å²) >= 11 is 0. The standard InChI is InChI=1S/C18H21N3O3.C10H8F6N/c22-17(23)15-13-19-18(20-16(15)14-7-3-1-4-8-14)24-12-11-21-9-5-2-6-10-21;1-17-5-6-2-7(9(11,12)13)4-8(3-6)10(14,15)16/h1,3-4,7-8,13H,2,5-6,9-12H2,(H,22,23);2-4H,5H2,1H3/q;-1. The summed E-state index contributed by atoms with van der Waals surface area (Å²) in [6, 6.07) is 10.9. The molecule has 2 aromatic carbocycles. The molecular formula is C28H29F6N4O3-. The Labute approximate surface area is 233 Å². The van der Waals surface area contributed by atoms with Crippen LogP contribution in [-0.2, 0) is 18.9 Å². The van der Waals surface area contributed by atoms with Crippen molar-refractivity contribution in [3.05, 3.63) is 82.3 Å². The minimum atomic E-state index is -4.80. The monoisotopic (exact) mass is 583 g/mol. The Morgan fingerprint density at radius 1 is 0.976 bits per heavy atom. The minimum Gasteiger partial charge on any atom is -0.661 e. The summed E-state index contributed by atoms with van der Waals surface area (Å²) in [6.07, 6.45) is -4.51. The third-order valence-electron chi connectivity index (χ3n) is 6.12. The second-order valence-electron chi connectivity index (χ2n) is 9.23. The number of hydrogen-bond acceptors (Lipinski definition) is 5. The quantitative estimate of drug-likeness (QED) is 0.289. The zero-order valence-electron chi connectivity index (χ0n) is 22.2. The summed E-state index contributed by atoms with van der Waals surface area (Å²) in [5.74, 6) is -1.05. The summed E-state index contributed by atoms with van der Waals surface area (Å²) in [4.78, 5) is 22.1. The Morgan fingerprint density at radius 3 is 2.12 bits per heavy atom. The number of halogens is 6. The molecule has 0 unspecified atom stereocenters. The van der Waals surface area contributed by atoms with Crippen LogP contribution in [0.2, 0.25) is 0 Å². The molecule has 1 aliphatic heterocycles. The van der Waals surface area contributed by atoms with Crippen molar-refractivity contribution in [3.63, 3.8) is 0 Å². The maximum Gasteiger partial charge on any atom is 0.416 e. The van der Waals surface area contributed by atoms with Crippen LogP contribution < -0.4 is 4.74 Å². The zero-order chi connectivity index (χ0) is 30.0. The molecule has 3 aromatic rings. The number of alkyl halides is 6. The normalized spacial score (nSPS) is 14.2. The van der Waals surface area contributed by atoms with Gasteiger partial charge in [-0.2, -0.15) is 38.4 Å². The van der Waals surface area contributed by atoms with E-state index in [-0.39, 0.29) is 29.7 Å². The van der Waals surface area contributed by atoms with E-state index in [2.05, 4.69) is 20.2 Å². The van der Waals surface area contributed by atoms with E-state index in [0.717, 1.165) is 25.2 Å². The average Bonchev–Trinajstić information content (AvgIpc) is 2.93. The van der Waals surface area contributed by atoms with E-state index in [0.29, 0.717) is 24.4 Å². The van der Waals surface area contributed by atoms with Crippen molar-refractivity contribution in [1.29, 1.82) is 0 Å². The van der Waals surface area contributed by atoms with Crippen molar-refractivity contribution in [2.24, 2.45) is 0 Å². The highest BCUT2D eigenvalue weighted by atomic mass is 19.4. The molecule has 0 amide bonds. The summed E-state index contributed by atoms with van der Waals surface area (Å²) in [5, 5.41) is 12.9. The lowest BCUT2D eigenvalue weighted by Gasteiger charge is -2.25. The highest BCUT2D eigenvalue weighted by Gasteiger charge is 2.36. The fraction of sp³-hybridized carbons (Fsp3) is 0.393. The Morgan fingerprint density at radius 2 is 1.59 bits per heavy atom. The number of piperidine rings is 1. The smallest absolute Gasteiger partial charge is 0.416 e. The molecule has 0 radical (unpaired) electrons. The summed E-state index contributed by atoms with van der Waals surface area (Å²) in [6.45, 7) is 3.37. The van der Waals surface area contributed by atoms with E-state index in [9.17, 15) is 36.2 Å². The number of carboxylic acids is 1. The second-order valence-corrected chi connectivity index (χ2v) is 9.23. The van der Waals surface area contributed by atoms with Gasteiger partial charge in [0.15, 0.2) is 0 Å². The Balaban J connectivity index is 0.000000241. The molecule has 1 fully saturated rings. The molecular weight excluding hydrogens is 554 g/mol. The predicted molar refractivity (Wildman–Crippen MR) is 140 cm³/mol. The second kappa shape index (κ2) is 14.3. The van der Waals surface area contributed by atoms with Gasteiger partial charge >= 0.3 is 24.3 Å². The van der Waals surface area contributed by atoms with Gasteiger partial charge in [0, 0.05) is 18.3 Å². The maximum absolute atomic E-state index is 12.4. The molecule has 0 bridgehead atoms. The number of likely N-dealkylation sites (tertiary alicyclic amines) is 1. The largest absolute Gasteiger partial charge is 0.661 e. The highest BCUT2D eigenvalue weighted by molar-refractivity contribution is 5.94. The number of aromatic nitrogens is 2. The first-order valence-electron chi connectivity index (χ1n) is 12.7. The first-order chi connectivity index (χ1) is 19.4. The van der Waals surface area contributed by atoms with Gasteiger partial charge in [-0.25, -0.2) is 9.78 Å². The summed E-state index contributed by atoms with van der Waals surface area (Å²) in [5.41, 5.74) is -1.56. The van der Waals surface area contributed by atoms with Gasteiger partial charge in [-0.1, -0.05) is 42.3 Å². The SMILES string of the molecule is C[N-]Cc1cc(C(F)(F)F)cc(C(F)(F)F)c1.O=C(O)c1cnc(OCCN2CCCCC2)nc1-c1ccccc1. The first-order valence-corrected chi connectivity index (χ1v) is 12.7. The Kier molecular flexibility index (Phi) is 11.1. The maximum atomic E-state index is 12.4. The van der Waals surface area contributed by atoms with Gasteiger partial charge in [0.2, 0.25) is 0 Å². The molecule has 222 valence electrons. The third-order valence-corrected chi connectivity index (χ3v) is 6.12. The Hall–Kier alpha value is -3.71. The number of hydrogen-bond donors (Lipinski definition) is 1. The van der Waals surface area contributed by atoms with Crippen molar-refractivity contribution < 1.29 is 41.0 Å². The highest BCUT2D eigenvalue weighted by Crippen LogP contribution is 2.36. The molecule has 0 spiro atoms. The lowest BCUT2D eigenvalue weighted by molar-refractivity contribution is -0.143. The lowest BCUT2D eigenvalue weighted by Crippen LogP contribution is -2.33. The van der Waals surface area contributed by atoms with E-state index >= 15 is 0 Å². The molecule has 41 heavy (non-hydrogen) atoms. The van der Waals surface area contributed by atoms with E-state index < -0.39 is 29.4 Å². The van der Waals surface area contributed by atoms with E-state index in [1.165, 1.54) is 32.5 Å². The predicted octanol–water partition coefficient (Wildman–Crippen LogP) is 6.93. The topological polar surface area (TPSA) is 89.7 Å². The van der Waals surface area contributed by atoms with Gasteiger partial charge < -0.3 is 15.2 Å². The molecule has 1 aliphatic rings. The van der Waals surface area contributed by atoms with Crippen molar-refractivity contribution in [2.75, 3.05) is 33.3 Å². The van der Waals surface area contributed by atoms with Crippen LogP contribution in [0.5, 0.6) is 6.01 Å². The molecule has 0 saturated carbocycles. The molecule has 1 aromatic heterocycles. The van der Waals surface area contributed by atoms with E-state index in [1.807, 2.05) is 30.3 Å². The lowest BCUT2D eigenvalue weighted by atomic mass is 10.0. The molecule has 1 N–H and O–H groups in total. The number of benzene rings is 2. The van der Waals surface area contributed by atoms with Crippen LogP contribution in [0.25, 0.3) is 16.6 Å².